The SMILES string of the molecule is COc1ccccc1CCNc1nccc(C(=O)NC2CCS(=O)(=O)C2)n1. The number of nitrogens with zero attached hydrogens (tertiary/aromatic N) is 2. The van der Waals surface area contributed by atoms with Gasteiger partial charge in [-0.3, -0.25) is 4.79 Å². The van der Waals surface area contributed by atoms with E-state index in [2.05, 4.69) is 20.6 Å². The molecule has 27 heavy (non-hydrogen) atoms. The predicted molar refractivity (Wildman–Crippen MR) is 102 cm³/mol. The Kier molecular flexibility index (Phi) is 5.90. The number of methoxy groups -OCH3 is 1. The summed E-state index contributed by atoms with van der Waals surface area (Å²) in [5, 5.41) is 5.82. The number of carbonyl (C=O) groups excluding carboxylic acids is 1. The zero-order valence-corrected chi connectivity index (χ0v) is 15.8. The van der Waals surface area contributed by atoms with Crippen LogP contribution >= 0.6 is 0 Å². The van der Waals surface area contributed by atoms with Crippen LogP contribution in [0.15, 0.2) is 36.5 Å². The van der Waals surface area contributed by atoms with Crippen LogP contribution in [0.1, 0.15) is 22.5 Å². The Balaban J connectivity index is 1.56. The monoisotopic (exact) mass is 390 g/mol. The molecule has 1 aliphatic rings. The van der Waals surface area contributed by atoms with Crippen LogP contribution in [0, 0.1) is 0 Å². The Morgan fingerprint density at radius 3 is 2.85 bits per heavy atom. The van der Waals surface area contributed by atoms with Gasteiger partial charge in [-0.05, 0) is 30.5 Å². The molecule has 0 saturated carbocycles. The van der Waals surface area contributed by atoms with Gasteiger partial charge in [0.25, 0.3) is 5.91 Å². The van der Waals surface area contributed by atoms with Gasteiger partial charge in [0.1, 0.15) is 11.4 Å². The van der Waals surface area contributed by atoms with Crippen molar-refractivity contribution in [3.63, 3.8) is 0 Å². The van der Waals surface area contributed by atoms with Gasteiger partial charge in [0.15, 0.2) is 9.84 Å². The molecule has 1 aromatic heterocycles. The average molecular weight is 390 g/mol. The number of sulfone groups is 1. The summed E-state index contributed by atoms with van der Waals surface area (Å²) in [5.41, 5.74) is 1.26. The molecular formula is C18H22N4O4S. The number of nitrogens with one attached hydrogen (secondary N) is 2. The lowest BCUT2D eigenvalue weighted by Gasteiger charge is -2.11. The molecule has 1 amide bonds. The molecule has 3 rings (SSSR count). The molecule has 1 unspecified atom stereocenters. The Labute approximate surface area is 158 Å². The van der Waals surface area contributed by atoms with Crippen molar-refractivity contribution in [1.29, 1.82) is 0 Å². The molecule has 2 heterocycles. The summed E-state index contributed by atoms with van der Waals surface area (Å²) in [6.45, 7) is 0.576. The Hall–Kier alpha value is -2.68. The number of rotatable bonds is 7. The summed E-state index contributed by atoms with van der Waals surface area (Å²) in [5.74, 6) is 0.856. The minimum absolute atomic E-state index is 0.0200. The van der Waals surface area contributed by atoms with Gasteiger partial charge in [0.05, 0.1) is 18.6 Å². The molecule has 2 N–H and O–H groups in total. The maximum Gasteiger partial charge on any atom is 0.270 e. The third-order valence-corrected chi connectivity index (χ3v) is 6.09. The number of anilines is 1. The van der Waals surface area contributed by atoms with Crippen molar-refractivity contribution in [2.45, 2.75) is 18.9 Å². The fourth-order valence-electron chi connectivity index (χ4n) is 2.96. The molecule has 2 aromatic rings. The van der Waals surface area contributed by atoms with Crippen molar-refractivity contribution in [3.8, 4) is 5.75 Å². The van der Waals surface area contributed by atoms with Crippen LogP contribution in [0.25, 0.3) is 0 Å². The van der Waals surface area contributed by atoms with E-state index in [1.54, 1.807) is 7.11 Å². The van der Waals surface area contributed by atoms with Gasteiger partial charge < -0.3 is 15.4 Å². The molecule has 1 aromatic carbocycles. The second kappa shape index (κ2) is 8.34. The van der Waals surface area contributed by atoms with E-state index in [9.17, 15) is 13.2 Å². The normalized spacial score (nSPS) is 18.0. The summed E-state index contributed by atoms with van der Waals surface area (Å²) in [6, 6.07) is 8.89. The van der Waals surface area contributed by atoms with E-state index < -0.39 is 15.7 Å². The molecule has 1 atom stereocenters. The first-order valence-electron chi connectivity index (χ1n) is 8.67. The quantitative estimate of drug-likeness (QED) is 0.727. The first kappa shape index (κ1) is 19.1. The number of carbonyl (C=O) groups is 1. The number of aromatic nitrogens is 2. The van der Waals surface area contributed by atoms with Crippen LogP contribution in [0.3, 0.4) is 0 Å². The fraction of sp³-hybridized carbons (Fsp3) is 0.389. The highest BCUT2D eigenvalue weighted by molar-refractivity contribution is 7.91. The van der Waals surface area contributed by atoms with Crippen molar-refractivity contribution in [3.05, 3.63) is 47.8 Å². The van der Waals surface area contributed by atoms with Crippen molar-refractivity contribution in [1.82, 2.24) is 15.3 Å². The van der Waals surface area contributed by atoms with Crippen LogP contribution in [0.5, 0.6) is 5.75 Å². The van der Waals surface area contributed by atoms with Crippen LogP contribution in [0.2, 0.25) is 0 Å². The average Bonchev–Trinajstić information content (AvgIpc) is 3.00. The van der Waals surface area contributed by atoms with Crippen molar-refractivity contribution in [2.75, 3.05) is 30.5 Å². The second-order valence-corrected chi connectivity index (χ2v) is 8.56. The lowest BCUT2D eigenvalue weighted by atomic mass is 10.1. The zero-order valence-electron chi connectivity index (χ0n) is 15.0. The maximum atomic E-state index is 12.3. The molecular weight excluding hydrogens is 368 g/mol. The highest BCUT2D eigenvalue weighted by atomic mass is 32.2. The maximum absolute atomic E-state index is 12.3. The van der Waals surface area contributed by atoms with Crippen LogP contribution in [-0.2, 0) is 16.3 Å². The van der Waals surface area contributed by atoms with Gasteiger partial charge in [-0.25, -0.2) is 18.4 Å². The Morgan fingerprint density at radius 2 is 2.11 bits per heavy atom. The minimum Gasteiger partial charge on any atom is -0.496 e. The Bertz CT molecular complexity index is 917. The van der Waals surface area contributed by atoms with Crippen molar-refractivity contribution in [2.24, 2.45) is 0 Å². The molecule has 0 spiro atoms. The first-order valence-corrected chi connectivity index (χ1v) is 10.5. The van der Waals surface area contributed by atoms with E-state index in [0.717, 1.165) is 11.3 Å². The molecule has 1 fully saturated rings. The van der Waals surface area contributed by atoms with Gasteiger partial charge in [0.2, 0.25) is 5.95 Å². The molecule has 144 valence electrons. The second-order valence-electron chi connectivity index (χ2n) is 6.33. The number of benzene rings is 1. The predicted octanol–water partition coefficient (Wildman–Crippen LogP) is 1.06. The van der Waals surface area contributed by atoms with Crippen molar-refractivity contribution < 1.29 is 17.9 Å². The summed E-state index contributed by atoms with van der Waals surface area (Å²) in [6.07, 6.45) is 2.64. The van der Waals surface area contributed by atoms with Crippen LogP contribution < -0.4 is 15.4 Å². The summed E-state index contributed by atoms with van der Waals surface area (Å²) in [4.78, 5) is 20.6. The van der Waals surface area contributed by atoms with E-state index >= 15 is 0 Å². The number of amides is 1. The van der Waals surface area contributed by atoms with Crippen LogP contribution in [-0.4, -0.2) is 55.5 Å². The number of ether oxygens (including phenoxy) is 1. The smallest absolute Gasteiger partial charge is 0.270 e. The third kappa shape index (κ3) is 5.16. The van der Waals surface area contributed by atoms with Crippen molar-refractivity contribution >= 4 is 21.7 Å². The highest BCUT2D eigenvalue weighted by Gasteiger charge is 2.29. The minimum atomic E-state index is -3.05. The van der Waals surface area contributed by atoms with E-state index in [4.69, 9.17) is 4.74 Å². The lowest BCUT2D eigenvalue weighted by molar-refractivity contribution is 0.0936. The van der Waals surface area contributed by atoms with Gasteiger partial charge in [0, 0.05) is 18.8 Å². The van der Waals surface area contributed by atoms with Gasteiger partial charge in [-0.2, -0.15) is 0 Å². The third-order valence-electron chi connectivity index (χ3n) is 4.33. The lowest BCUT2D eigenvalue weighted by Crippen LogP contribution is -2.36. The highest BCUT2D eigenvalue weighted by Crippen LogP contribution is 2.17. The number of hydrogen-bond donors (Lipinski definition) is 2. The van der Waals surface area contributed by atoms with E-state index in [1.165, 1.54) is 12.3 Å². The number of para-hydroxylation sites is 1. The van der Waals surface area contributed by atoms with E-state index in [1.807, 2.05) is 24.3 Å². The molecule has 1 aliphatic heterocycles. The standard InChI is InChI=1S/C18H22N4O4S/c1-26-16-5-3-2-4-13(16)6-9-19-18-20-10-7-15(22-18)17(23)21-14-8-11-27(24,25)12-14/h2-5,7,10,14H,6,8-9,11-12H2,1H3,(H,21,23)(H,19,20,22). The summed E-state index contributed by atoms with van der Waals surface area (Å²) < 4.78 is 28.3. The largest absolute Gasteiger partial charge is 0.496 e. The first-order chi connectivity index (χ1) is 13.0. The molecule has 8 nitrogen and oxygen atoms in total. The van der Waals surface area contributed by atoms with E-state index in [0.29, 0.717) is 25.3 Å². The van der Waals surface area contributed by atoms with Gasteiger partial charge in [-0.15, -0.1) is 0 Å². The van der Waals surface area contributed by atoms with Gasteiger partial charge in [-0.1, -0.05) is 18.2 Å². The van der Waals surface area contributed by atoms with E-state index in [-0.39, 0.29) is 23.2 Å². The fourth-order valence-corrected chi connectivity index (χ4v) is 4.63. The summed E-state index contributed by atoms with van der Waals surface area (Å²) in [7, 11) is -1.41. The number of hydrogen-bond acceptors (Lipinski definition) is 7. The molecule has 0 radical (unpaired) electrons. The molecule has 1 saturated heterocycles. The molecule has 0 bridgehead atoms. The van der Waals surface area contributed by atoms with Crippen LogP contribution in [0.4, 0.5) is 5.95 Å². The zero-order chi connectivity index (χ0) is 19.3. The molecule has 0 aliphatic carbocycles. The van der Waals surface area contributed by atoms with Gasteiger partial charge >= 0.3 is 0 Å². The Morgan fingerprint density at radius 1 is 1.30 bits per heavy atom. The topological polar surface area (TPSA) is 110 Å². The summed E-state index contributed by atoms with van der Waals surface area (Å²) >= 11 is 0. The molecule has 9 heteroatoms.